The van der Waals surface area contributed by atoms with Gasteiger partial charge in [0.2, 0.25) is 0 Å². The number of hydrogen-bond acceptors (Lipinski definition) is 2. The van der Waals surface area contributed by atoms with Gasteiger partial charge >= 0.3 is 6.18 Å². The Bertz CT molecular complexity index is 1170. The highest BCUT2D eigenvalue weighted by Gasteiger charge is 2.30. The first-order chi connectivity index (χ1) is 14.5. The lowest BCUT2D eigenvalue weighted by Gasteiger charge is -2.14. The van der Waals surface area contributed by atoms with Gasteiger partial charge in [0.05, 0.1) is 27.4 Å². The van der Waals surface area contributed by atoms with E-state index in [1.807, 2.05) is 0 Å². The molecular weight excluding hydrogens is 476 g/mol. The molecule has 0 aliphatic carbocycles. The lowest BCUT2D eigenvalue weighted by atomic mass is 10.1. The molecule has 2 amide bonds. The average molecular weight is 488 g/mol. The first-order valence-corrected chi connectivity index (χ1v) is 9.72. The van der Waals surface area contributed by atoms with Crippen LogP contribution in [0.5, 0.6) is 0 Å². The Balaban J connectivity index is 1.87. The number of nitrogens with one attached hydrogen (secondary N) is 2. The number of benzene rings is 3. The van der Waals surface area contributed by atoms with Crippen molar-refractivity contribution in [1.29, 1.82) is 0 Å². The Morgan fingerprint density at radius 1 is 0.742 bits per heavy atom. The van der Waals surface area contributed by atoms with Crippen LogP contribution in [0.2, 0.25) is 15.1 Å². The SMILES string of the molecule is O=C(Nc1ccc(Cl)cc1C(=O)Nc1cccc(C(F)(F)F)c1)c1ccc(Cl)cc1Cl. The third-order valence-electron chi connectivity index (χ3n) is 4.10. The van der Waals surface area contributed by atoms with Crippen molar-refractivity contribution in [3.05, 3.63) is 92.4 Å². The Morgan fingerprint density at radius 2 is 1.39 bits per heavy atom. The third kappa shape index (κ3) is 5.70. The average Bonchev–Trinajstić information content (AvgIpc) is 2.68. The summed E-state index contributed by atoms with van der Waals surface area (Å²) >= 11 is 17.8. The first kappa shape index (κ1) is 22.9. The molecule has 3 aromatic carbocycles. The molecular formula is C21H12Cl3F3N2O2. The molecule has 0 radical (unpaired) electrons. The van der Waals surface area contributed by atoms with Crippen LogP contribution in [0.4, 0.5) is 24.5 Å². The lowest BCUT2D eigenvalue weighted by molar-refractivity contribution is -0.137. The molecule has 0 saturated carbocycles. The molecule has 0 aromatic heterocycles. The second-order valence-electron chi connectivity index (χ2n) is 6.30. The number of hydrogen-bond donors (Lipinski definition) is 2. The van der Waals surface area contributed by atoms with Gasteiger partial charge in [-0.25, -0.2) is 0 Å². The van der Waals surface area contributed by atoms with Crippen molar-refractivity contribution in [3.8, 4) is 0 Å². The van der Waals surface area contributed by atoms with Gasteiger partial charge in [0, 0.05) is 15.7 Å². The van der Waals surface area contributed by atoms with Crippen molar-refractivity contribution >= 4 is 58.0 Å². The van der Waals surface area contributed by atoms with Crippen LogP contribution in [0.3, 0.4) is 0 Å². The number of carbonyl (C=O) groups is 2. The smallest absolute Gasteiger partial charge is 0.322 e. The lowest BCUT2D eigenvalue weighted by Crippen LogP contribution is -2.19. The van der Waals surface area contributed by atoms with Crippen molar-refractivity contribution in [2.75, 3.05) is 10.6 Å². The highest BCUT2D eigenvalue weighted by molar-refractivity contribution is 6.37. The van der Waals surface area contributed by atoms with Crippen molar-refractivity contribution in [2.45, 2.75) is 6.18 Å². The van der Waals surface area contributed by atoms with Gasteiger partial charge in [-0.2, -0.15) is 13.2 Å². The fourth-order valence-electron chi connectivity index (χ4n) is 2.65. The van der Waals surface area contributed by atoms with Crippen molar-refractivity contribution < 1.29 is 22.8 Å². The summed E-state index contributed by atoms with van der Waals surface area (Å²) in [7, 11) is 0. The summed E-state index contributed by atoms with van der Waals surface area (Å²) in [6.45, 7) is 0. The maximum atomic E-state index is 12.9. The molecule has 0 saturated heterocycles. The normalized spacial score (nSPS) is 11.2. The topological polar surface area (TPSA) is 58.2 Å². The van der Waals surface area contributed by atoms with Gasteiger partial charge in [-0.15, -0.1) is 0 Å². The predicted molar refractivity (Wildman–Crippen MR) is 115 cm³/mol. The number of amides is 2. The molecule has 0 spiro atoms. The van der Waals surface area contributed by atoms with E-state index in [4.69, 9.17) is 34.8 Å². The third-order valence-corrected chi connectivity index (χ3v) is 4.88. The van der Waals surface area contributed by atoms with Gasteiger partial charge in [-0.05, 0) is 54.6 Å². The highest BCUT2D eigenvalue weighted by atomic mass is 35.5. The number of carbonyl (C=O) groups excluding carboxylic acids is 2. The molecule has 0 heterocycles. The summed E-state index contributed by atoms with van der Waals surface area (Å²) < 4.78 is 38.7. The van der Waals surface area contributed by atoms with Crippen LogP contribution < -0.4 is 10.6 Å². The summed E-state index contributed by atoms with van der Waals surface area (Å²) in [6.07, 6.45) is -4.56. The Kier molecular flexibility index (Phi) is 6.79. The molecule has 0 unspecified atom stereocenters. The van der Waals surface area contributed by atoms with Crippen LogP contribution in [0.1, 0.15) is 26.3 Å². The molecule has 10 heteroatoms. The van der Waals surface area contributed by atoms with Gasteiger partial charge in [0.15, 0.2) is 0 Å². The van der Waals surface area contributed by atoms with E-state index in [-0.39, 0.29) is 32.5 Å². The quantitative estimate of drug-likeness (QED) is 0.410. The maximum absolute atomic E-state index is 12.9. The minimum absolute atomic E-state index is 0.0525. The molecule has 0 aliphatic heterocycles. The predicted octanol–water partition coefficient (Wildman–Crippen LogP) is 7.17. The Hall–Kier alpha value is -2.74. The van der Waals surface area contributed by atoms with Crippen LogP contribution in [0.15, 0.2) is 60.7 Å². The van der Waals surface area contributed by atoms with E-state index < -0.39 is 23.6 Å². The second kappa shape index (κ2) is 9.18. The fourth-order valence-corrected chi connectivity index (χ4v) is 3.31. The zero-order valence-electron chi connectivity index (χ0n) is 15.4. The van der Waals surface area contributed by atoms with E-state index in [2.05, 4.69) is 10.6 Å². The van der Waals surface area contributed by atoms with Gasteiger partial charge in [-0.3, -0.25) is 9.59 Å². The van der Waals surface area contributed by atoms with E-state index >= 15 is 0 Å². The van der Waals surface area contributed by atoms with Gasteiger partial charge in [-0.1, -0.05) is 40.9 Å². The fraction of sp³-hybridized carbons (Fsp3) is 0.0476. The molecule has 3 rings (SSSR count). The zero-order chi connectivity index (χ0) is 22.8. The van der Waals surface area contributed by atoms with E-state index in [0.29, 0.717) is 5.02 Å². The molecule has 31 heavy (non-hydrogen) atoms. The molecule has 3 aromatic rings. The summed E-state index contributed by atoms with van der Waals surface area (Å²) in [4.78, 5) is 25.3. The molecule has 0 atom stereocenters. The minimum atomic E-state index is -4.56. The van der Waals surface area contributed by atoms with E-state index in [0.717, 1.165) is 12.1 Å². The van der Waals surface area contributed by atoms with Gasteiger partial charge < -0.3 is 10.6 Å². The summed E-state index contributed by atoms with van der Waals surface area (Å²) in [6, 6.07) is 12.6. The molecule has 0 fully saturated rings. The largest absolute Gasteiger partial charge is 0.416 e. The highest BCUT2D eigenvalue weighted by Crippen LogP contribution is 2.31. The minimum Gasteiger partial charge on any atom is -0.322 e. The van der Waals surface area contributed by atoms with E-state index in [1.165, 1.54) is 48.5 Å². The number of anilines is 2. The first-order valence-electron chi connectivity index (χ1n) is 8.59. The molecule has 0 bridgehead atoms. The number of alkyl halides is 3. The van der Waals surface area contributed by atoms with E-state index in [9.17, 15) is 22.8 Å². The standard InChI is InChI=1S/C21H12Cl3F3N2O2/c22-12-5-7-18(29-19(30)15-6-4-13(23)10-17(15)24)16(9-12)20(31)28-14-3-1-2-11(8-14)21(25,26)27/h1-10H,(H,28,31)(H,29,30). The van der Waals surface area contributed by atoms with Crippen molar-refractivity contribution in [3.63, 3.8) is 0 Å². The van der Waals surface area contributed by atoms with Gasteiger partial charge in [0.25, 0.3) is 11.8 Å². The van der Waals surface area contributed by atoms with Gasteiger partial charge in [0.1, 0.15) is 0 Å². The zero-order valence-corrected chi connectivity index (χ0v) is 17.6. The molecule has 0 aliphatic rings. The van der Waals surface area contributed by atoms with Crippen molar-refractivity contribution in [2.24, 2.45) is 0 Å². The molecule has 4 nitrogen and oxygen atoms in total. The monoisotopic (exact) mass is 486 g/mol. The van der Waals surface area contributed by atoms with Crippen molar-refractivity contribution in [1.82, 2.24) is 0 Å². The molecule has 160 valence electrons. The van der Waals surface area contributed by atoms with Crippen LogP contribution in [-0.4, -0.2) is 11.8 Å². The van der Waals surface area contributed by atoms with Crippen LogP contribution in [0, 0.1) is 0 Å². The molecule has 2 N–H and O–H groups in total. The Labute approximate surface area is 189 Å². The second-order valence-corrected chi connectivity index (χ2v) is 7.58. The summed E-state index contributed by atoms with van der Waals surface area (Å²) in [5, 5.41) is 5.57. The van der Waals surface area contributed by atoms with E-state index in [1.54, 1.807) is 0 Å². The van der Waals surface area contributed by atoms with Crippen LogP contribution in [-0.2, 0) is 6.18 Å². The van der Waals surface area contributed by atoms with Crippen LogP contribution in [0.25, 0.3) is 0 Å². The Morgan fingerprint density at radius 3 is 2.06 bits per heavy atom. The number of halogens is 6. The van der Waals surface area contributed by atoms with Crippen LogP contribution >= 0.6 is 34.8 Å². The summed E-state index contributed by atoms with van der Waals surface area (Å²) in [5.41, 5.74) is -0.835. The summed E-state index contributed by atoms with van der Waals surface area (Å²) in [5.74, 6) is -1.38. The maximum Gasteiger partial charge on any atom is 0.416 e. The number of rotatable bonds is 4.